The highest BCUT2D eigenvalue weighted by molar-refractivity contribution is 7.80. The highest BCUT2D eigenvalue weighted by Crippen LogP contribution is 2.28. The second-order valence-electron chi connectivity index (χ2n) is 4.25. The Morgan fingerprint density at radius 1 is 1.10 bits per heavy atom. The van der Waals surface area contributed by atoms with E-state index in [-0.39, 0.29) is 11.5 Å². The zero-order valence-corrected chi connectivity index (χ0v) is 11.9. The fraction of sp³-hybridized carbons (Fsp3) is 0.308. The molecule has 1 saturated heterocycles. The van der Waals surface area contributed by atoms with E-state index >= 15 is 0 Å². The Morgan fingerprint density at radius 2 is 1.70 bits per heavy atom. The first-order valence-corrected chi connectivity index (χ1v) is 6.32. The summed E-state index contributed by atoms with van der Waals surface area (Å²) < 4.78 is 10.3. The van der Waals surface area contributed by atoms with Gasteiger partial charge in [0.25, 0.3) is 0 Å². The summed E-state index contributed by atoms with van der Waals surface area (Å²) in [4.78, 5) is 23.6. The molecule has 0 aliphatic carbocycles. The van der Waals surface area contributed by atoms with E-state index in [1.165, 1.54) is 7.11 Å². The summed E-state index contributed by atoms with van der Waals surface area (Å²) in [5.74, 6) is -0.450. The second-order valence-corrected chi connectivity index (χ2v) is 4.66. The van der Waals surface area contributed by atoms with Gasteiger partial charge in [0.1, 0.15) is 5.92 Å². The first kappa shape index (κ1) is 14.3. The minimum atomic E-state index is -0.806. The van der Waals surface area contributed by atoms with Crippen LogP contribution in [0.5, 0.6) is 11.5 Å². The molecule has 2 N–H and O–H groups in total. The Balaban J connectivity index is 2.19. The van der Waals surface area contributed by atoms with Crippen LogP contribution in [0.2, 0.25) is 0 Å². The van der Waals surface area contributed by atoms with Gasteiger partial charge in [-0.2, -0.15) is 0 Å². The molecule has 1 aromatic carbocycles. The molecule has 20 heavy (non-hydrogen) atoms. The van der Waals surface area contributed by atoms with Gasteiger partial charge < -0.3 is 20.1 Å². The molecular formula is C13H14N2O4S. The van der Waals surface area contributed by atoms with Crippen LogP contribution >= 0.6 is 12.2 Å². The third kappa shape index (κ3) is 2.88. The van der Waals surface area contributed by atoms with E-state index in [1.54, 1.807) is 25.3 Å². The summed E-state index contributed by atoms with van der Waals surface area (Å²) in [6, 6.07) is 5.26. The number of benzene rings is 1. The lowest BCUT2D eigenvalue weighted by molar-refractivity contribution is -0.135. The number of carbonyl (C=O) groups is 2. The number of rotatable bonds is 4. The van der Waals surface area contributed by atoms with Gasteiger partial charge >= 0.3 is 0 Å². The van der Waals surface area contributed by atoms with Crippen molar-refractivity contribution in [3.63, 3.8) is 0 Å². The molecule has 0 saturated carbocycles. The number of methoxy groups -OCH3 is 2. The van der Waals surface area contributed by atoms with E-state index in [0.29, 0.717) is 11.5 Å². The van der Waals surface area contributed by atoms with Gasteiger partial charge in [0.2, 0.25) is 11.8 Å². The lowest BCUT2D eigenvalue weighted by Crippen LogP contribution is -2.56. The molecule has 0 bridgehead atoms. The first-order valence-electron chi connectivity index (χ1n) is 5.91. The number of ether oxygens (including phenoxy) is 2. The van der Waals surface area contributed by atoms with Crippen LogP contribution in [-0.4, -0.2) is 31.1 Å². The van der Waals surface area contributed by atoms with Crippen molar-refractivity contribution in [3.8, 4) is 11.5 Å². The quantitative estimate of drug-likeness (QED) is 0.621. The highest BCUT2D eigenvalue weighted by atomic mass is 32.1. The number of thiocarbonyl (C=S) groups is 1. The fourth-order valence-electron chi connectivity index (χ4n) is 1.98. The largest absolute Gasteiger partial charge is 0.493 e. The third-order valence-electron chi connectivity index (χ3n) is 2.99. The maximum Gasteiger partial charge on any atom is 0.239 e. The molecule has 0 radical (unpaired) electrons. The smallest absolute Gasteiger partial charge is 0.239 e. The minimum Gasteiger partial charge on any atom is -0.493 e. The van der Waals surface area contributed by atoms with E-state index in [9.17, 15) is 9.59 Å². The molecule has 1 aliphatic rings. The van der Waals surface area contributed by atoms with Crippen molar-refractivity contribution in [3.05, 3.63) is 23.8 Å². The zero-order chi connectivity index (χ0) is 14.7. The Labute approximate surface area is 121 Å². The molecular weight excluding hydrogens is 280 g/mol. The molecule has 0 atom stereocenters. The maximum atomic E-state index is 11.8. The van der Waals surface area contributed by atoms with Crippen LogP contribution in [0.1, 0.15) is 5.56 Å². The van der Waals surface area contributed by atoms with Gasteiger partial charge in [-0.3, -0.25) is 9.59 Å². The highest BCUT2D eigenvalue weighted by Gasteiger charge is 2.32. The van der Waals surface area contributed by atoms with Crippen LogP contribution in [0.15, 0.2) is 18.2 Å². The topological polar surface area (TPSA) is 76.7 Å². The molecule has 1 fully saturated rings. The monoisotopic (exact) mass is 294 g/mol. The molecule has 0 aromatic heterocycles. The summed E-state index contributed by atoms with van der Waals surface area (Å²) in [5.41, 5.74) is 0.797. The third-order valence-corrected chi connectivity index (χ3v) is 3.20. The van der Waals surface area contributed by atoms with E-state index in [1.807, 2.05) is 0 Å². The average Bonchev–Trinajstić information content (AvgIpc) is 2.42. The summed E-state index contributed by atoms with van der Waals surface area (Å²) in [6.07, 6.45) is 0.265. The molecule has 0 spiro atoms. The van der Waals surface area contributed by atoms with Gasteiger partial charge in [0.15, 0.2) is 16.6 Å². The van der Waals surface area contributed by atoms with E-state index < -0.39 is 17.7 Å². The number of amides is 2. The van der Waals surface area contributed by atoms with Gasteiger partial charge in [-0.15, -0.1) is 0 Å². The minimum absolute atomic E-state index is 0.0450. The standard InChI is InChI=1S/C13H14N2O4S/c1-18-9-4-3-7(6-10(9)19-2)5-8-11(16)14-13(20)15-12(8)17/h3-4,6,8H,5H2,1-2H3,(H2,14,15,16,17,20). The van der Waals surface area contributed by atoms with Gasteiger partial charge in [-0.1, -0.05) is 6.07 Å². The Kier molecular flexibility index (Phi) is 4.19. The summed E-state index contributed by atoms with van der Waals surface area (Å²) >= 11 is 4.75. The van der Waals surface area contributed by atoms with Crippen LogP contribution < -0.4 is 20.1 Å². The molecule has 7 heteroatoms. The molecule has 106 valence electrons. The Hall–Kier alpha value is -2.15. The van der Waals surface area contributed by atoms with Crippen molar-refractivity contribution >= 4 is 29.1 Å². The van der Waals surface area contributed by atoms with Gasteiger partial charge in [-0.25, -0.2) is 0 Å². The molecule has 1 aromatic rings. The van der Waals surface area contributed by atoms with Crippen LogP contribution in [0.4, 0.5) is 0 Å². The van der Waals surface area contributed by atoms with Gasteiger partial charge in [0.05, 0.1) is 14.2 Å². The molecule has 6 nitrogen and oxygen atoms in total. The predicted octanol–water partition coefficient (Wildman–Crippen LogP) is 0.393. The lowest BCUT2D eigenvalue weighted by Gasteiger charge is -2.22. The van der Waals surface area contributed by atoms with E-state index in [4.69, 9.17) is 21.7 Å². The van der Waals surface area contributed by atoms with Crippen molar-refractivity contribution in [2.45, 2.75) is 6.42 Å². The van der Waals surface area contributed by atoms with Crippen LogP contribution in [-0.2, 0) is 16.0 Å². The SMILES string of the molecule is COc1ccc(CC2C(=O)NC(=S)NC2=O)cc1OC. The van der Waals surface area contributed by atoms with Crippen molar-refractivity contribution < 1.29 is 19.1 Å². The summed E-state index contributed by atoms with van der Waals surface area (Å²) in [7, 11) is 3.07. The van der Waals surface area contributed by atoms with Crippen LogP contribution in [0.25, 0.3) is 0 Å². The molecule has 1 aliphatic heterocycles. The van der Waals surface area contributed by atoms with Gasteiger partial charge in [-0.05, 0) is 36.3 Å². The Morgan fingerprint density at radius 3 is 2.25 bits per heavy atom. The van der Waals surface area contributed by atoms with Crippen molar-refractivity contribution in [2.24, 2.45) is 5.92 Å². The fourth-order valence-corrected chi connectivity index (χ4v) is 2.18. The normalized spacial score (nSPS) is 15.6. The summed E-state index contributed by atoms with van der Waals surface area (Å²) in [6.45, 7) is 0. The van der Waals surface area contributed by atoms with Gasteiger partial charge in [0, 0.05) is 0 Å². The number of hydrogen-bond acceptors (Lipinski definition) is 5. The van der Waals surface area contributed by atoms with Crippen molar-refractivity contribution in [1.82, 2.24) is 10.6 Å². The number of carbonyl (C=O) groups excluding carboxylic acids is 2. The van der Waals surface area contributed by atoms with Crippen LogP contribution in [0.3, 0.4) is 0 Å². The predicted molar refractivity (Wildman–Crippen MR) is 75.6 cm³/mol. The zero-order valence-electron chi connectivity index (χ0n) is 11.1. The Bertz CT molecular complexity index is 553. The second kappa shape index (κ2) is 5.87. The van der Waals surface area contributed by atoms with E-state index in [2.05, 4.69) is 10.6 Å². The number of nitrogens with one attached hydrogen (secondary N) is 2. The van der Waals surface area contributed by atoms with E-state index in [0.717, 1.165) is 5.56 Å². The molecule has 2 amide bonds. The van der Waals surface area contributed by atoms with Crippen molar-refractivity contribution in [2.75, 3.05) is 14.2 Å². The first-order chi connectivity index (χ1) is 9.55. The molecule has 0 unspecified atom stereocenters. The summed E-state index contributed by atoms with van der Waals surface area (Å²) in [5, 5.41) is 4.92. The lowest BCUT2D eigenvalue weighted by atomic mass is 9.96. The average molecular weight is 294 g/mol. The molecule has 2 rings (SSSR count). The van der Waals surface area contributed by atoms with Crippen molar-refractivity contribution in [1.29, 1.82) is 0 Å². The maximum absolute atomic E-state index is 11.8. The number of hydrogen-bond donors (Lipinski definition) is 2. The molecule has 1 heterocycles. The van der Waals surface area contributed by atoms with Crippen LogP contribution in [0, 0.1) is 5.92 Å².